The smallest absolute Gasteiger partial charge is 0.140 e. The van der Waals surface area contributed by atoms with Gasteiger partial charge in [-0.05, 0) is 39.3 Å². The Balaban J connectivity index is 2.13. The number of carbonyl (C=O) groups excluding carboxylic acids is 1. The quantitative estimate of drug-likeness (QED) is 0.544. The Morgan fingerprint density at radius 1 is 1.33 bits per heavy atom. The maximum absolute atomic E-state index is 11.7. The van der Waals surface area contributed by atoms with Gasteiger partial charge in [0.25, 0.3) is 0 Å². The second-order valence-corrected chi connectivity index (χ2v) is 4.40. The lowest BCUT2D eigenvalue weighted by molar-refractivity contribution is -0.128. The average molecular weight is 167 g/mol. The van der Waals surface area contributed by atoms with Crippen LogP contribution in [0.3, 0.4) is 0 Å². The van der Waals surface area contributed by atoms with Gasteiger partial charge < -0.3 is 4.90 Å². The minimum Gasteiger partial charge on any atom is -0.305 e. The van der Waals surface area contributed by atoms with Crippen LogP contribution in [0, 0.1) is 5.41 Å². The Hall–Kier alpha value is -0.370. The van der Waals surface area contributed by atoms with Gasteiger partial charge in [0.2, 0.25) is 0 Å². The topological polar surface area (TPSA) is 20.3 Å². The first kappa shape index (κ1) is 8.24. The van der Waals surface area contributed by atoms with Crippen LogP contribution in [-0.4, -0.2) is 30.8 Å². The van der Waals surface area contributed by atoms with Crippen molar-refractivity contribution in [3.05, 3.63) is 0 Å². The van der Waals surface area contributed by atoms with Gasteiger partial charge in [-0.25, -0.2) is 0 Å². The van der Waals surface area contributed by atoms with Crippen LogP contribution in [0.2, 0.25) is 0 Å². The maximum atomic E-state index is 11.7. The molecule has 12 heavy (non-hydrogen) atoms. The molecule has 1 heterocycles. The molecule has 0 unspecified atom stereocenters. The summed E-state index contributed by atoms with van der Waals surface area (Å²) in [5.74, 6) is 0.536. The lowest BCUT2D eigenvalue weighted by Crippen LogP contribution is -2.43. The molecule has 1 aliphatic carbocycles. The summed E-state index contributed by atoms with van der Waals surface area (Å²) in [4.78, 5) is 14.0. The lowest BCUT2D eigenvalue weighted by atomic mass is 9.78. The molecule has 0 amide bonds. The summed E-state index contributed by atoms with van der Waals surface area (Å²) in [7, 11) is 2.13. The van der Waals surface area contributed by atoms with Gasteiger partial charge in [0, 0.05) is 18.4 Å². The van der Waals surface area contributed by atoms with Crippen molar-refractivity contribution in [1.82, 2.24) is 4.90 Å². The minimum absolute atomic E-state index is 0.0903. The summed E-state index contributed by atoms with van der Waals surface area (Å²) in [5, 5.41) is 0. The van der Waals surface area contributed by atoms with Crippen molar-refractivity contribution in [1.29, 1.82) is 0 Å². The van der Waals surface area contributed by atoms with E-state index in [1.807, 2.05) is 0 Å². The van der Waals surface area contributed by atoms with Crippen LogP contribution < -0.4 is 0 Å². The molecule has 2 rings (SSSR count). The summed E-state index contributed by atoms with van der Waals surface area (Å²) >= 11 is 0. The third-order valence-corrected chi connectivity index (χ3v) is 3.42. The molecule has 0 N–H and O–H groups in total. The van der Waals surface area contributed by atoms with E-state index in [2.05, 4.69) is 11.9 Å². The van der Waals surface area contributed by atoms with Crippen LogP contribution in [0.25, 0.3) is 0 Å². The number of rotatable bonds is 0. The summed E-state index contributed by atoms with van der Waals surface area (Å²) in [6.07, 6.45) is 5.48. The normalized spacial score (nSPS) is 37.9. The summed E-state index contributed by atoms with van der Waals surface area (Å²) in [6.45, 7) is 2.20. The van der Waals surface area contributed by atoms with E-state index in [1.165, 1.54) is 13.0 Å². The van der Waals surface area contributed by atoms with Crippen molar-refractivity contribution in [3.8, 4) is 0 Å². The Bertz CT molecular complexity index is 202. The van der Waals surface area contributed by atoms with Crippen molar-refractivity contribution < 1.29 is 4.79 Å². The first-order valence-electron chi connectivity index (χ1n) is 4.95. The Morgan fingerprint density at radius 2 is 2.08 bits per heavy atom. The summed E-state index contributed by atoms with van der Waals surface area (Å²) in [5.41, 5.74) is 0.0903. The zero-order valence-electron chi connectivity index (χ0n) is 7.81. The van der Waals surface area contributed by atoms with Gasteiger partial charge in [-0.15, -0.1) is 0 Å². The zero-order chi connectivity index (χ0) is 8.60. The van der Waals surface area contributed by atoms with Gasteiger partial charge in [-0.1, -0.05) is 0 Å². The van der Waals surface area contributed by atoms with Crippen LogP contribution in [-0.2, 0) is 4.79 Å². The molecule has 2 aliphatic rings. The van der Waals surface area contributed by atoms with E-state index in [9.17, 15) is 4.79 Å². The number of Topliss-reactive ketones (excluding diaryl/α,β-unsaturated/α-hetero) is 1. The van der Waals surface area contributed by atoms with Crippen LogP contribution >= 0.6 is 0 Å². The third kappa shape index (κ3) is 1.18. The van der Waals surface area contributed by atoms with E-state index in [-0.39, 0.29) is 5.41 Å². The predicted octanol–water partition coefficient (Wildman–Crippen LogP) is 1.45. The molecule has 0 aromatic heterocycles. The van der Waals surface area contributed by atoms with Crippen LogP contribution in [0.4, 0.5) is 0 Å². The highest BCUT2D eigenvalue weighted by Crippen LogP contribution is 2.41. The number of likely N-dealkylation sites (tertiary alicyclic amines) is 1. The molecule has 1 saturated heterocycles. The highest BCUT2D eigenvalue weighted by molar-refractivity contribution is 5.87. The van der Waals surface area contributed by atoms with E-state index in [1.54, 1.807) is 0 Å². The highest BCUT2D eigenvalue weighted by atomic mass is 16.1. The second kappa shape index (κ2) is 2.84. The second-order valence-electron chi connectivity index (χ2n) is 4.40. The molecule has 1 aliphatic heterocycles. The molecule has 0 aromatic rings. The largest absolute Gasteiger partial charge is 0.305 e. The standard InChI is InChI=1S/C10H17NO/c1-11-7-3-6-10(8-11)5-2-4-9(10)12/h2-8H2,1H3/t10-/m0/s1. The van der Waals surface area contributed by atoms with Gasteiger partial charge in [0.15, 0.2) is 0 Å². The number of piperidine rings is 1. The summed E-state index contributed by atoms with van der Waals surface area (Å²) < 4.78 is 0. The first-order chi connectivity index (χ1) is 5.73. The van der Waals surface area contributed by atoms with Crippen molar-refractivity contribution in [2.45, 2.75) is 32.1 Å². The molecule has 0 bridgehead atoms. The minimum atomic E-state index is 0.0903. The molecular formula is C10H17NO. The Morgan fingerprint density at radius 3 is 2.67 bits per heavy atom. The molecule has 1 saturated carbocycles. The van der Waals surface area contributed by atoms with Gasteiger partial charge >= 0.3 is 0 Å². The SMILES string of the molecule is CN1CCC[C@@]2(CCCC2=O)C1. The molecule has 68 valence electrons. The molecule has 0 aromatic carbocycles. The molecule has 2 nitrogen and oxygen atoms in total. The van der Waals surface area contributed by atoms with Crippen molar-refractivity contribution in [2.24, 2.45) is 5.41 Å². The number of hydrogen-bond donors (Lipinski definition) is 0. The van der Waals surface area contributed by atoms with Crippen LogP contribution in [0.5, 0.6) is 0 Å². The monoisotopic (exact) mass is 167 g/mol. The Labute approximate surface area is 73.9 Å². The van der Waals surface area contributed by atoms with Gasteiger partial charge in [-0.3, -0.25) is 4.79 Å². The molecular weight excluding hydrogens is 150 g/mol. The number of hydrogen-bond acceptors (Lipinski definition) is 2. The molecule has 2 fully saturated rings. The first-order valence-corrected chi connectivity index (χ1v) is 4.95. The summed E-state index contributed by atoms with van der Waals surface area (Å²) in [6, 6.07) is 0. The number of carbonyl (C=O) groups is 1. The van der Waals surface area contributed by atoms with Crippen LogP contribution in [0.1, 0.15) is 32.1 Å². The maximum Gasteiger partial charge on any atom is 0.140 e. The Kier molecular flexibility index (Phi) is 1.95. The highest BCUT2D eigenvalue weighted by Gasteiger charge is 2.43. The number of nitrogens with zero attached hydrogens (tertiary/aromatic N) is 1. The average Bonchev–Trinajstić information content (AvgIpc) is 2.33. The number of ketones is 1. The lowest BCUT2D eigenvalue weighted by Gasteiger charge is -2.37. The fourth-order valence-electron chi connectivity index (χ4n) is 2.79. The molecule has 2 heteroatoms. The van der Waals surface area contributed by atoms with Crippen molar-refractivity contribution in [2.75, 3.05) is 20.1 Å². The molecule has 0 radical (unpaired) electrons. The predicted molar refractivity (Wildman–Crippen MR) is 48.0 cm³/mol. The van der Waals surface area contributed by atoms with E-state index >= 15 is 0 Å². The fourth-order valence-corrected chi connectivity index (χ4v) is 2.79. The van der Waals surface area contributed by atoms with E-state index < -0.39 is 0 Å². The molecule has 1 atom stereocenters. The van der Waals surface area contributed by atoms with E-state index in [0.29, 0.717) is 5.78 Å². The third-order valence-electron chi connectivity index (χ3n) is 3.42. The van der Waals surface area contributed by atoms with Crippen molar-refractivity contribution >= 4 is 5.78 Å². The van der Waals surface area contributed by atoms with Gasteiger partial charge in [0.1, 0.15) is 5.78 Å². The van der Waals surface area contributed by atoms with Crippen LogP contribution in [0.15, 0.2) is 0 Å². The fraction of sp³-hybridized carbons (Fsp3) is 0.900. The van der Waals surface area contributed by atoms with Gasteiger partial charge in [-0.2, -0.15) is 0 Å². The van der Waals surface area contributed by atoms with Gasteiger partial charge in [0.05, 0.1) is 0 Å². The van der Waals surface area contributed by atoms with E-state index in [4.69, 9.17) is 0 Å². The van der Waals surface area contributed by atoms with Crippen molar-refractivity contribution in [3.63, 3.8) is 0 Å². The molecule has 1 spiro atoms. The zero-order valence-corrected chi connectivity index (χ0v) is 7.81. The van der Waals surface area contributed by atoms with E-state index in [0.717, 1.165) is 32.2 Å².